The number of carbonyl (C=O) groups excluding carboxylic acids is 1. The summed E-state index contributed by atoms with van der Waals surface area (Å²) >= 11 is 7.33. The van der Waals surface area contributed by atoms with Crippen LogP contribution in [0.2, 0.25) is 4.34 Å². The predicted octanol–water partition coefficient (Wildman–Crippen LogP) is 2.63. The highest BCUT2D eigenvalue weighted by molar-refractivity contribution is 7.16. The highest BCUT2D eigenvalue weighted by atomic mass is 35.5. The Morgan fingerprint density at radius 2 is 2.04 bits per heavy atom. The van der Waals surface area contributed by atoms with E-state index in [4.69, 9.17) is 16.3 Å². The number of hydrogen-bond acceptors (Lipinski definition) is 5. The minimum Gasteiger partial charge on any atom is -0.378 e. The van der Waals surface area contributed by atoms with Gasteiger partial charge in [-0.25, -0.2) is 9.78 Å². The zero-order valence-corrected chi connectivity index (χ0v) is 14.7. The van der Waals surface area contributed by atoms with Gasteiger partial charge in [-0.3, -0.25) is 0 Å². The number of rotatable bonds is 5. The number of amides is 2. The molecule has 2 N–H and O–H groups in total. The van der Waals surface area contributed by atoms with Crippen molar-refractivity contribution in [3.63, 3.8) is 0 Å². The molecule has 6 nitrogen and oxygen atoms in total. The number of morpholine rings is 1. The Morgan fingerprint density at radius 3 is 2.79 bits per heavy atom. The minimum atomic E-state index is -0.204. The number of hydrogen-bond donors (Lipinski definition) is 2. The minimum absolute atomic E-state index is 0.204. The van der Waals surface area contributed by atoms with E-state index in [-0.39, 0.29) is 6.03 Å². The highest BCUT2D eigenvalue weighted by Crippen LogP contribution is 2.21. The van der Waals surface area contributed by atoms with E-state index in [1.54, 1.807) is 6.20 Å². The summed E-state index contributed by atoms with van der Waals surface area (Å²) in [5, 5.41) is 5.68. The molecule has 24 heavy (non-hydrogen) atoms. The predicted molar refractivity (Wildman–Crippen MR) is 95.7 cm³/mol. The van der Waals surface area contributed by atoms with Gasteiger partial charge in [-0.2, -0.15) is 0 Å². The molecule has 3 rings (SSSR count). The lowest BCUT2D eigenvalue weighted by molar-refractivity contribution is 0.122. The molecule has 1 aliphatic heterocycles. The third-order valence-corrected chi connectivity index (χ3v) is 4.88. The first kappa shape index (κ1) is 17.0. The molecule has 0 atom stereocenters. The third kappa shape index (κ3) is 4.83. The summed E-state index contributed by atoms with van der Waals surface area (Å²) in [5.41, 5.74) is 1.01. The van der Waals surface area contributed by atoms with Crippen LogP contribution in [0.3, 0.4) is 0 Å². The van der Waals surface area contributed by atoms with Gasteiger partial charge in [0.1, 0.15) is 5.82 Å². The molecule has 3 heterocycles. The van der Waals surface area contributed by atoms with Crippen LogP contribution in [0.4, 0.5) is 10.6 Å². The smallest absolute Gasteiger partial charge is 0.315 e. The summed E-state index contributed by atoms with van der Waals surface area (Å²) < 4.78 is 6.08. The van der Waals surface area contributed by atoms with Gasteiger partial charge in [0.05, 0.1) is 24.1 Å². The number of thiophene rings is 1. The summed E-state index contributed by atoms with van der Waals surface area (Å²) in [4.78, 5) is 19.5. The second-order valence-electron chi connectivity index (χ2n) is 5.36. The monoisotopic (exact) mass is 366 g/mol. The molecule has 1 fully saturated rings. The average molecular weight is 367 g/mol. The second-order valence-corrected chi connectivity index (χ2v) is 7.16. The number of nitrogens with zero attached hydrogens (tertiary/aromatic N) is 2. The van der Waals surface area contributed by atoms with Crippen molar-refractivity contribution < 1.29 is 9.53 Å². The lowest BCUT2D eigenvalue weighted by Crippen LogP contribution is -2.37. The number of urea groups is 1. The molecule has 128 valence electrons. The van der Waals surface area contributed by atoms with Gasteiger partial charge >= 0.3 is 6.03 Å². The molecule has 0 radical (unpaired) electrons. The fourth-order valence-corrected chi connectivity index (χ4v) is 3.42. The SMILES string of the molecule is O=C(NCc1ccnc(N2CCOCC2)c1)NCc1ccc(Cl)s1. The van der Waals surface area contributed by atoms with Gasteiger partial charge in [0.15, 0.2) is 0 Å². The number of halogens is 1. The Kier molecular flexibility index (Phi) is 5.90. The van der Waals surface area contributed by atoms with E-state index in [2.05, 4.69) is 20.5 Å². The molecule has 0 saturated carbocycles. The van der Waals surface area contributed by atoms with E-state index in [0.29, 0.717) is 13.1 Å². The van der Waals surface area contributed by atoms with Crippen molar-refractivity contribution in [2.24, 2.45) is 0 Å². The first-order valence-corrected chi connectivity index (χ1v) is 8.94. The summed E-state index contributed by atoms with van der Waals surface area (Å²) in [6, 6.07) is 7.44. The summed E-state index contributed by atoms with van der Waals surface area (Å²) in [7, 11) is 0. The molecular formula is C16H19ClN4O2S. The van der Waals surface area contributed by atoms with Crippen molar-refractivity contribution in [2.45, 2.75) is 13.1 Å². The average Bonchev–Trinajstić information content (AvgIpc) is 3.04. The summed E-state index contributed by atoms with van der Waals surface area (Å²) in [6.07, 6.45) is 1.77. The number of anilines is 1. The molecule has 8 heteroatoms. The Balaban J connectivity index is 1.47. The van der Waals surface area contributed by atoms with Crippen LogP contribution in [0.15, 0.2) is 30.5 Å². The van der Waals surface area contributed by atoms with Crippen molar-refractivity contribution in [1.82, 2.24) is 15.6 Å². The largest absolute Gasteiger partial charge is 0.378 e. The number of ether oxygens (including phenoxy) is 1. The topological polar surface area (TPSA) is 66.5 Å². The summed E-state index contributed by atoms with van der Waals surface area (Å²) in [5.74, 6) is 0.922. The fourth-order valence-electron chi connectivity index (χ4n) is 2.39. The van der Waals surface area contributed by atoms with Gasteiger partial charge in [-0.05, 0) is 29.8 Å². The normalized spacial score (nSPS) is 14.5. The van der Waals surface area contributed by atoms with Crippen LogP contribution >= 0.6 is 22.9 Å². The van der Waals surface area contributed by atoms with Crippen molar-refractivity contribution in [3.05, 3.63) is 45.2 Å². The molecule has 0 spiro atoms. The highest BCUT2D eigenvalue weighted by Gasteiger charge is 2.12. The molecule has 2 aromatic rings. The molecular weight excluding hydrogens is 348 g/mol. The maximum atomic E-state index is 11.9. The third-order valence-electron chi connectivity index (χ3n) is 3.65. The first-order chi connectivity index (χ1) is 11.7. The zero-order chi connectivity index (χ0) is 16.8. The summed E-state index contributed by atoms with van der Waals surface area (Å²) in [6.45, 7) is 4.05. The molecule has 2 amide bonds. The van der Waals surface area contributed by atoms with Crippen molar-refractivity contribution in [3.8, 4) is 0 Å². The number of nitrogens with one attached hydrogen (secondary N) is 2. The Morgan fingerprint density at radius 1 is 1.25 bits per heavy atom. The molecule has 0 aromatic carbocycles. The molecule has 1 saturated heterocycles. The van der Waals surface area contributed by atoms with Gasteiger partial charge in [-0.1, -0.05) is 11.6 Å². The molecule has 0 bridgehead atoms. The molecule has 2 aromatic heterocycles. The van der Waals surface area contributed by atoms with Crippen molar-refractivity contribution in [1.29, 1.82) is 0 Å². The molecule has 0 aliphatic carbocycles. The van der Waals surface area contributed by atoms with Gasteiger partial charge < -0.3 is 20.3 Å². The maximum Gasteiger partial charge on any atom is 0.315 e. The van der Waals surface area contributed by atoms with Crippen LogP contribution < -0.4 is 15.5 Å². The number of carbonyl (C=O) groups is 1. The van der Waals surface area contributed by atoms with Crippen molar-refractivity contribution in [2.75, 3.05) is 31.2 Å². The lowest BCUT2D eigenvalue weighted by atomic mass is 10.2. The van der Waals surface area contributed by atoms with Crippen LogP contribution in [0.1, 0.15) is 10.4 Å². The quantitative estimate of drug-likeness (QED) is 0.853. The second kappa shape index (κ2) is 8.32. The molecule has 1 aliphatic rings. The van der Waals surface area contributed by atoms with Crippen LogP contribution in [0.25, 0.3) is 0 Å². The van der Waals surface area contributed by atoms with Crippen molar-refractivity contribution >= 4 is 34.8 Å². The van der Waals surface area contributed by atoms with Crippen LogP contribution in [-0.2, 0) is 17.8 Å². The van der Waals surface area contributed by atoms with Crippen LogP contribution in [-0.4, -0.2) is 37.3 Å². The van der Waals surface area contributed by atoms with E-state index in [9.17, 15) is 4.79 Å². The van der Waals surface area contributed by atoms with E-state index < -0.39 is 0 Å². The lowest BCUT2D eigenvalue weighted by Gasteiger charge is -2.28. The van der Waals surface area contributed by atoms with E-state index in [1.165, 1.54) is 11.3 Å². The first-order valence-electron chi connectivity index (χ1n) is 7.74. The van der Waals surface area contributed by atoms with E-state index in [1.807, 2.05) is 24.3 Å². The van der Waals surface area contributed by atoms with Crippen LogP contribution in [0.5, 0.6) is 0 Å². The standard InChI is InChI=1S/C16H19ClN4O2S/c17-14-2-1-13(24-14)11-20-16(22)19-10-12-3-4-18-15(9-12)21-5-7-23-8-6-21/h1-4,9H,5-8,10-11H2,(H2,19,20,22). The maximum absolute atomic E-state index is 11.9. The van der Waals surface area contributed by atoms with Crippen LogP contribution in [0, 0.1) is 0 Å². The molecule has 0 unspecified atom stereocenters. The van der Waals surface area contributed by atoms with Gasteiger partial charge in [0.25, 0.3) is 0 Å². The van der Waals surface area contributed by atoms with E-state index >= 15 is 0 Å². The number of pyridine rings is 1. The van der Waals surface area contributed by atoms with E-state index in [0.717, 1.165) is 46.9 Å². The Hall–Kier alpha value is -1.83. The Bertz CT molecular complexity index is 688. The number of aromatic nitrogens is 1. The Labute approximate surface area is 149 Å². The van der Waals surface area contributed by atoms with Gasteiger partial charge in [0, 0.05) is 30.7 Å². The van der Waals surface area contributed by atoms with Gasteiger partial charge in [0.2, 0.25) is 0 Å². The fraction of sp³-hybridized carbons (Fsp3) is 0.375. The zero-order valence-electron chi connectivity index (χ0n) is 13.1. The van der Waals surface area contributed by atoms with Gasteiger partial charge in [-0.15, -0.1) is 11.3 Å².